The Morgan fingerprint density at radius 3 is 2.83 bits per heavy atom. The lowest BCUT2D eigenvalue weighted by atomic mass is 10.2. The fourth-order valence-corrected chi connectivity index (χ4v) is 4.46. The minimum atomic E-state index is 0.394. The molecular formula is C23H16BrN3O2S. The van der Waals surface area contributed by atoms with Gasteiger partial charge in [-0.3, -0.25) is 0 Å². The molecule has 0 aliphatic heterocycles. The molecule has 0 saturated carbocycles. The van der Waals surface area contributed by atoms with Gasteiger partial charge in [0.25, 0.3) is 0 Å². The predicted octanol–water partition coefficient (Wildman–Crippen LogP) is 6.26. The van der Waals surface area contributed by atoms with Gasteiger partial charge in [0, 0.05) is 34.2 Å². The third kappa shape index (κ3) is 3.62. The summed E-state index contributed by atoms with van der Waals surface area (Å²) in [6.07, 6.45) is 1.86. The third-order valence-electron chi connectivity index (χ3n) is 4.75. The molecule has 0 spiro atoms. The Bertz CT molecular complexity index is 1370. The van der Waals surface area contributed by atoms with Crippen molar-refractivity contribution >= 4 is 48.4 Å². The number of ether oxygens (including phenoxy) is 2. The van der Waals surface area contributed by atoms with E-state index < -0.39 is 0 Å². The summed E-state index contributed by atoms with van der Waals surface area (Å²) in [6, 6.07) is 17.7. The van der Waals surface area contributed by atoms with Crippen LogP contribution in [0.25, 0.3) is 32.5 Å². The van der Waals surface area contributed by atoms with Crippen LogP contribution in [0.1, 0.15) is 5.56 Å². The van der Waals surface area contributed by atoms with Crippen molar-refractivity contribution in [2.45, 2.75) is 6.61 Å². The van der Waals surface area contributed by atoms with E-state index in [0.717, 1.165) is 42.5 Å². The van der Waals surface area contributed by atoms with Gasteiger partial charge in [0.05, 0.1) is 27.3 Å². The molecule has 5 rings (SSSR count). The number of pyridine rings is 1. The summed E-state index contributed by atoms with van der Waals surface area (Å²) in [6.45, 7) is 0.394. The molecule has 0 unspecified atom stereocenters. The van der Waals surface area contributed by atoms with Crippen molar-refractivity contribution in [3.05, 3.63) is 76.2 Å². The fourth-order valence-electron chi connectivity index (χ4n) is 3.20. The van der Waals surface area contributed by atoms with Crippen LogP contribution in [-0.4, -0.2) is 22.1 Å². The van der Waals surface area contributed by atoms with E-state index in [4.69, 9.17) is 14.5 Å². The predicted molar refractivity (Wildman–Crippen MR) is 123 cm³/mol. The van der Waals surface area contributed by atoms with Gasteiger partial charge in [0.15, 0.2) is 5.82 Å². The smallest absolute Gasteiger partial charge is 0.214 e. The average Bonchev–Trinajstić information content (AvgIpc) is 3.20. The number of halogens is 1. The van der Waals surface area contributed by atoms with Crippen molar-refractivity contribution in [1.82, 2.24) is 15.0 Å². The van der Waals surface area contributed by atoms with Crippen molar-refractivity contribution < 1.29 is 9.47 Å². The topological polar surface area (TPSA) is 57.1 Å². The van der Waals surface area contributed by atoms with Gasteiger partial charge in [-0.2, -0.15) is 0 Å². The number of fused-ring (bicyclic) bond motifs is 2. The van der Waals surface area contributed by atoms with E-state index in [1.54, 1.807) is 18.4 Å². The minimum Gasteiger partial charge on any atom is -0.496 e. The van der Waals surface area contributed by atoms with Crippen LogP contribution >= 0.6 is 27.3 Å². The van der Waals surface area contributed by atoms with Gasteiger partial charge in [0.2, 0.25) is 5.88 Å². The SMILES string of the molecule is COc1cc(-c2ncc3scc(COc4ccc5ccccc5n4)c3n2)ccc1Br. The molecule has 0 amide bonds. The Kier molecular flexibility index (Phi) is 5.06. The second kappa shape index (κ2) is 8.01. The maximum atomic E-state index is 5.97. The van der Waals surface area contributed by atoms with E-state index in [9.17, 15) is 0 Å². The van der Waals surface area contributed by atoms with Gasteiger partial charge >= 0.3 is 0 Å². The monoisotopic (exact) mass is 477 g/mol. The van der Waals surface area contributed by atoms with Gasteiger partial charge in [-0.1, -0.05) is 18.2 Å². The molecule has 0 fully saturated rings. The molecule has 0 radical (unpaired) electrons. The molecule has 0 saturated heterocycles. The maximum absolute atomic E-state index is 5.97. The van der Waals surface area contributed by atoms with Crippen molar-refractivity contribution in [2.75, 3.05) is 7.11 Å². The number of benzene rings is 2. The number of hydrogen-bond donors (Lipinski definition) is 0. The number of para-hydroxylation sites is 1. The first kappa shape index (κ1) is 19.0. The van der Waals surface area contributed by atoms with Crippen LogP contribution in [-0.2, 0) is 6.61 Å². The zero-order valence-corrected chi connectivity index (χ0v) is 18.4. The molecule has 0 aliphatic carbocycles. The Labute approximate surface area is 185 Å². The van der Waals surface area contributed by atoms with E-state index in [1.165, 1.54) is 0 Å². The molecule has 0 atom stereocenters. The maximum Gasteiger partial charge on any atom is 0.214 e. The van der Waals surface area contributed by atoms with Crippen molar-refractivity contribution in [1.29, 1.82) is 0 Å². The quantitative estimate of drug-likeness (QED) is 0.299. The molecule has 5 aromatic rings. The summed E-state index contributed by atoms with van der Waals surface area (Å²) in [4.78, 5) is 13.9. The summed E-state index contributed by atoms with van der Waals surface area (Å²) in [7, 11) is 1.64. The number of nitrogens with zero attached hydrogens (tertiary/aromatic N) is 3. The zero-order chi connectivity index (χ0) is 20.5. The highest BCUT2D eigenvalue weighted by molar-refractivity contribution is 9.10. The highest BCUT2D eigenvalue weighted by Crippen LogP contribution is 2.31. The van der Waals surface area contributed by atoms with Gasteiger partial charge in [0.1, 0.15) is 12.4 Å². The highest BCUT2D eigenvalue weighted by Gasteiger charge is 2.12. The molecule has 2 aromatic carbocycles. The van der Waals surface area contributed by atoms with Crippen molar-refractivity contribution in [3.8, 4) is 23.0 Å². The fraction of sp³-hybridized carbons (Fsp3) is 0.0870. The standard InChI is InChI=1S/C23H16BrN3O2S/c1-28-19-10-15(6-8-17(19)24)23-25-11-20-22(27-23)16(13-30-20)12-29-21-9-7-14-4-2-3-5-18(14)26-21/h2-11,13H,12H2,1H3. The Morgan fingerprint density at radius 2 is 1.93 bits per heavy atom. The summed E-state index contributed by atoms with van der Waals surface area (Å²) in [5.74, 6) is 1.99. The minimum absolute atomic E-state index is 0.394. The third-order valence-corrected chi connectivity index (χ3v) is 6.36. The lowest BCUT2D eigenvalue weighted by Crippen LogP contribution is -1.98. The summed E-state index contributed by atoms with van der Waals surface area (Å²) < 4.78 is 13.3. The summed E-state index contributed by atoms with van der Waals surface area (Å²) >= 11 is 5.09. The number of rotatable bonds is 5. The first-order chi connectivity index (χ1) is 14.7. The summed E-state index contributed by atoms with van der Waals surface area (Å²) in [5.41, 5.74) is 3.72. The van der Waals surface area contributed by atoms with Crippen molar-refractivity contribution in [3.63, 3.8) is 0 Å². The Morgan fingerprint density at radius 1 is 1.03 bits per heavy atom. The molecule has 0 N–H and O–H groups in total. The lowest BCUT2D eigenvalue weighted by molar-refractivity contribution is 0.296. The second-order valence-corrected chi connectivity index (χ2v) is 8.41. The number of hydrogen-bond acceptors (Lipinski definition) is 6. The van der Waals surface area contributed by atoms with Crippen LogP contribution in [0, 0.1) is 0 Å². The Balaban J connectivity index is 1.44. The number of aromatic nitrogens is 3. The normalized spacial score (nSPS) is 11.1. The molecule has 0 aliphatic rings. The second-order valence-electron chi connectivity index (χ2n) is 6.65. The van der Waals surface area contributed by atoms with Crippen LogP contribution in [0.15, 0.2) is 70.6 Å². The molecule has 0 bridgehead atoms. The number of methoxy groups -OCH3 is 1. The molecule has 5 nitrogen and oxygen atoms in total. The first-order valence-electron chi connectivity index (χ1n) is 9.27. The van der Waals surface area contributed by atoms with E-state index in [-0.39, 0.29) is 0 Å². The summed E-state index contributed by atoms with van der Waals surface area (Å²) in [5, 5.41) is 3.15. The Hall–Kier alpha value is -3.03. The number of thiophene rings is 1. The van der Waals surface area contributed by atoms with E-state index in [1.807, 2.05) is 60.8 Å². The van der Waals surface area contributed by atoms with Crippen LogP contribution in [0.5, 0.6) is 11.6 Å². The first-order valence-corrected chi connectivity index (χ1v) is 10.9. The van der Waals surface area contributed by atoms with E-state index in [0.29, 0.717) is 18.3 Å². The van der Waals surface area contributed by atoms with Gasteiger partial charge in [-0.05, 0) is 46.3 Å². The molecule has 3 aromatic heterocycles. The average molecular weight is 478 g/mol. The van der Waals surface area contributed by atoms with Crippen LogP contribution < -0.4 is 9.47 Å². The van der Waals surface area contributed by atoms with Crippen LogP contribution in [0.4, 0.5) is 0 Å². The molecule has 3 heterocycles. The van der Waals surface area contributed by atoms with Crippen LogP contribution in [0.2, 0.25) is 0 Å². The van der Waals surface area contributed by atoms with E-state index >= 15 is 0 Å². The van der Waals surface area contributed by atoms with Gasteiger partial charge in [-0.15, -0.1) is 11.3 Å². The highest BCUT2D eigenvalue weighted by atomic mass is 79.9. The molecule has 30 heavy (non-hydrogen) atoms. The molecular weight excluding hydrogens is 462 g/mol. The lowest BCUT2D eigenvalue weighted by Gasteiger charge is -2.07. The van der Waals surface area contributed by atoms with Gasteiger partial charge < -0.3 is 9.47 Å². The molecule has 7 heteroatoms. The zero-order valence-electron chi connectivity index (χ0n) is 16.0. The van der Waals surface area contributed by atoms with Crippen molar-refractivity contribution in [2.24, 2.45) is 0 Å². The van der Waals surface area contributed by atoms with Crippen LogP contribution in [0.3, 0.4) is 0 Å². The largest absolute Gasteiger partial charge is 0.496 e. The van der Waals surface area contributed by atoms with Gasteiger partial charge in [-0.25, -0.2) is 15.0 Å². The molecule has 148 valence electrons. The van der Waals surface area contributed by atoms with E-state index in [2.05, 4.69) is 31.3 Å².